The van der Waals surface area contributed by atoms with Crippen molar-refractivity contribution < 1.29 is 14.2 Å². The molecule has 0 N–H and O–H groups in total. The molecule has 0 amide bonds. The monoisotopic (exact) mass is 544 g/mol. The van der Waals surface area contributed by atoms with E-state index in [1.165, 1.54) is 33.1 Å². The van der Waals surface area contributed by atoms with Crippen LogP contribution in [0.2, 0.25) is 0 Å². The molecule has 5 heteroatoms. The number of ether oxygens (including phenoxy) is 3. The van der Waals surface area contributed by atoms with Gasteiger partial charge in [0.05, 0.1) is 27.6 Å². The molecule has 0 aliphatic carbocycles. The van der Waals surface area contributed by atoms with E-state index in [1.54, 1.807) is 27.6 Å². The Labute approximate surface area is 216 Å². The van der Waals surface area contributed by atoms with Crippen LogP contribution in [0.25, 0.3) is 6.08 Å². The van der Waals surface area contributed by atoms with E-state index in [9.17, 15) is 0 Å². The van der Waals surface area contributed by atoms with Gasteiger partial charge in [0.2, 0.25) is 0 Å². The van der Waals surface area contributed by atoms with Crippen LogP contribution in [0, 0.1) is 13.8 Å². The normalized spacial score (nSPS) is 10.0. The first-order valence-corrected chi connectivity index (χ1v) is 12.7. The molecule has 184 valence electrons. The lowest BCUT2D eigenvalue weighted by atomic mass is 10.1. The largest absolute Gasteiger partial charge is 0.504 e. The van der Waals surface area contributed by atoms with Gasteiger partial charge in [-0.15, -0.1) is 9.24 Å². The highest BCUT2D eigenvalue weighted by molar-refractivity contribution is 9.10. The Morgan fingerprint density at radius 1 is 0.794 bits per heavy atom. The highest BCUT2D eigenvalue weighted by atomic mass is 79.9. The fourth-order valence-corrected chi connectivity index (χ4v) is 4.04. The number of hydrogen-bond acceptors (Lipinski definition) is 3. The van der Waals surface area contributed by atoms with E-state index in [-0.39, 0.29) is 0 Å². The van der Waals surface area contributed by atoms with Crippen molar-refractivity contribution in [2.45, 2.75) is 40.5 Å². The molecule has 3 rings (SSSR count). The number of rotatable bonds is 6. The zero-order valence-corrected chi connectivity index (χ0v) is 24.2. The molecule has 3 aromatic carbocycles. The van der Waals surface area contributed by atoms with Gasteiger partial charge in [0.1, 0.15) is 11.5 Å². The summed E-state index contributed by atoms with van der Waals surface area (Å²) in [5.74, 6) is 1.86. The van der Waals surface area contributed by atoms with Crippen LogP contribution in [0.1, 0.15) is 41.7 Å². The maximum Gasteiger partial charge on any atom is 0.118 e. The first-order chi connectivity index (χ1) is 16.3. The van der Waals surface area contributed by atoms with E-state index in [2.05, 4.69) is 83.2 Å². The summed E-state index contributed by atoms with van der Waals surface area (Å²) in [6.07, 6.45) is 5.83. The van der Waals surface area contributed by atoms with Crippen molar-refractivity contribution in [1.29, 1.82) is 0 Å². The zero-order valence-electron chi connectivity index (χ0n) is 21.4. The lowest BCUT2D eigenvalue weighted by molar-refractivity contribution is 0.341. The van der Waals surface area contributed by atoms with Crippen molar-refractivity contribution in [2.24, 2.45) is 0 Å². The van der Waals surface area contributed by atoms with Crippen LogP contribution in [0.3, 0.4) is 0 Å². The van der Waals surface area contributed by atoms with E-state index in [4.69, 9.17) is 14.2 Å². The predicted molar refractivity (Wildman–Crippen MR) is 154 cm³/mol. The van der Waals surface area contributed by atoms with Crippen LogP contribution in [0.15, 0.2) is 65.3 Å². The van der Waals surface area contributed by atoms with E-state index in [0.717, 1.165) is 28.8 Å². The number of halogens is 1. The van der Waals surface area contributed by atoms with E-state index < -0.39 is 0 Å². The lowest BCUT2D eigenvalue weighted by Gasteiger charge is -2.10. The molecule has 0 saturated carbocycles. The zero-order chi connectivity index (χ0) is 25.5. The Morgan fingerprint density at radius 2 is 1.24 bits per heavy atom. The number of benzene rings is 3. The van der Waals surface area contributed by atoms with Gasteiger partial charge in [-0.2, -0.15) is 0 Å². The van der Waals surface area contributed by atoms with Crippen LogP contribution >= 0.6 is 25.2 Å². The maximum atomic E-state index is 5.01. The second-order valence-electron chi connectivity index (χ2n) is 7.57. The summed E-state index contributed by atoms with van der Waals surface area (Å²) in [7, 11) is 7.78. The summed E-state index contributed by atoms with van der Waals surface area (Å²) in [5, 5.41) is 1.25. The van der Waals surface area contributed by atoms with Gasteiger partial charge in [-0.1, -0.05) is 54.0 Å². The topological polar surface area (TPSA) is 27.7 Å². The standard InChI is InChI=1S/C11H14BrOP.2C9H12O/c1-7-6-10(12)9(4-5-13-3)8(2)11(7)14;2*1-3-8-4-6-9(10-2)7-5-8/h4-6H,14H2,1-3H3;2*4-7H,3H2,1-2H3/b5-4-;;. The molecule has 0 aromatic heterocycles. The van der Waals surface area contributed by atoms with Crippen molar-refractivity contribution >= 4 is 36.6 Å². The number of hydrogen-bond donors (Lipinski definition) is 0. The summed E-state index contributed by atoms with van der Waals surface area (Å²) in [5.41, 5.74) is 6.40. The second-order valence-corrected chi connectivity index (χ2v) is 9.00. The van der Waals surface area contributed by atoms with E-state index >= 15 is 0 Å². The molecule has 34 heavy (non-hydrogen) atoms. The van der Waals surface area contributed by atoms with Gasteiger partial charge < -0.3 is 14.2 Å². The molecule has 0 heterocycles. The van der Waals surface area contributed by atoms with Gasteiger partial charge in [0.15, 0.2) is 0 Å². The Morgan fingerprint density at radius 3 is 1.59 bits per heavy atom. The summed E-state index contributed by atoms with van der Waals surface area (Å²) in [6, 6.07) is 18.4. The van der Waals surface area contributed by atoms with E-state index in [0.29, 0.717) is 0 Å². The average Bonchev–Trinajstić information content (AvgIpc) is 2.88. The van der Waals surface area contributed by atoms with Crippen LogP contribution in [0.4, 0.5) is 0 Å². The first-order valence-electron chi connectivity index (χ1n) is 11.3. The molecule has 0 saturated heterocycles. The minimum Gasteiger partial charge on any atom is -0.504 e. The second kappa shape index (κ2) is 16.4. The molecule has 0 spiro atoms. The maximum absolute atomic E-state index is 5.01. The Balaban J connectivity index is 0.000000261. The molecule has 0 bridgehead atoms. The van der Waals surface area contributed by atoms with Gasteiger partial charge in [0.25, 0.3) is 0 Å². The quantitative estimate of drug-likeness (QED) is 0.235. The smallest absolute Gasteiger partial charge is 0.118 e. The van der Waals surface area contributed by atoms with Crippen molar-refractivity contribution in [3.63, 3.8) is 0 Å². The van der Waals surface area contributed by atoms with Crippen LogP contribution in [0.5, 0.6) is 11.5 Å². The predicted octanol–water partition coefficient (Wildman–Crippen LogP) is 7.70. The van der Waals surface area contributed by atoms with Crippen molar-refractivity contribution in [2.75, 3.05) is 21.3 Å². The molecule has 0 aliphatic heterocycles. The van der Waals surface area contributed by atoms with Crippen LogP contribution in [-0.2, 0) is 17.6 Å². The molecule has 0 fully saturated rings. The van der Waals surface area contributed by atoms with Gasteiger partial charge in [-0.3, -0.25) is 0 Å². The molecular formula is C29H38BrO3P. The molecule has 3 nitrogen and oxygen atoms in total. The molecule has 0 aliphatic rings. The van der Waals surface area contributed by atoms with Gasteiger partial charge in [-0.25, -0.2) is 0 Å². The SMILES string of the molecule is CCc1ccc(OC)cc1.CCc1ccc(OC)cc1.CO/C=C\c1c(Br)cc(C)c(P)c1C. The molecule has 1 unspecified atom stereocenters. The highest BCUT2D eigenvalue weighted by Gasteiger charge is 2.06. The van der Waals surface area contributed by atoms with E-state index in [1.807, 2.05) is 30.3 Å². The van der Waals surface area contributed by atoms with Crippen molar-refractivity contribution in [3.8, 4) is 11.5 Å². The van der Waals surface area contributed by atoms with Gasteiger partial charge in [0, 0.05) is 4.47 Å². The summed E-state index contributed by atoms with van der Waals surface area (Å²) in [6.45, 7) is 8.49. The summed E-state index contributed by atoms with van der Waals surface area (Å²) in [4.78, 5) is 0. The Hall–Kier alpha value is -2.29. The third-order valence-corrected chi connectivity index (χ3v) is 6.88. The Kier molecular flexibility index (Phi) is 14.3. The van der Waals surface area contributed by atoms with Crippen molar-refractivity contribution in [1.82, 2.24) is 0 Å². The molecular weight excluding hydrogens is 507 g/mol. The van der Waals surface area contributed by atoms with Gasteiger partial charge in [-0.05, 0) is 96.2 Å². The molecule has 0 radical (unpaired) electrons. The van der Waals surface area contributed by atoms with Crippen LogP contribution in [-0.4, -0.2) is 21.3 Å². The minimum atomic E-state index is 0.928. The molecule has 3 aromatic rings. The minimum absolute atomic E-state index is 0.928. The average molecular weight is 545 g/mol. The summed E-state index contributed by atoms with van der Waals surface area (Å²) < 4.78 is 16.0. The Bertz CT molecular complexity index is 920. The lowest BCUT2D eigenvalue weighted by Crippen LogP contribution is -2.04. The highest BCUT2D eigenvalue weighted by Crippen LogP contribution is 2.24. The fraction of sp³-hybridized carbons (Fsp3) is 0.310. The number of methoxy groups -OCH3 is 3. The fourth-order valence-electron chi connectivity index (χ4n) is 3.03. The third-order valence-electron chi connectivity index (χ3n) is 5.34. The van der Waals surface area contributed by atoms with Crippen molar-refractivity contribution in [3.05, 3.63) is 93.1 Å². The van der Waals surface area contributed by atoms with Gasteiger partial charge >= 0.3 is 0 Å². The third kappa shape index (κ3) is 9.91. The van der Waals surface area contributed by atoms with Crippen LogP contribution < -0.4 is 14.8 Å². The summed E-state index contributed by atoms with van der Waals surface area (Å²) >= 11 is 3.55. The molecule has 1 atom stereocenters. The first kappa shape index (κ1) is 29.7. The number of aryl methyl sites for hydroxylation is 3.